The molecule has 0 fully saturated rings. The molecule has 0 amide bonds. The zero-order valence-corrected chi connectivity index (χ0v) is 10.8. The smallest absolute Gasteiger partial charge is 0.193 e. The number of carbonyl (C=O) groups excluding carboxylic acids is 1. The molecule has 2 aromatic carbocycles. The Balaban J connectivity index is 2.18. The summed E-state index contributed by atoms with van der Waals surface area (Å²) in [5, 5.41) is 27.9. The van der Waals surface area contributed by atoms with Gasteiger partial charge in [-0.1, -0.05) is 54.6 Å². The van der Waals surface area contributed by atoms with Gasteiger partial charge in [0.15, 0.2) is 5.78 Å². The first-order valence-electron chi connectivity index (χ1n) is 6.30. The molecule has 0 spiro atoms. The second kappa shape index (κ2) is 6.43. The fourth-order valence-corrected chi connectivity index (χ4v) is 1.91. The second-order valence-electron chi connectivity index (χ2n) is 4.51. The molecule has 2 rings (SSSR count). The molecule has 0 radical (unpaired) electrons. The predicted octanol–water partition coefficient (Wildman–Crippen LogP) is 1.30. The van der Waals surface area contributed by atoms with Crippen LogP contribution < -0.4 is 0 Å². The molecule has 0 aliphatic carbocycles. The van der Waals surface area contributed by atoms with Crippen LogP contribution in [-0.4, -0.2) is 33.8 Å². The molecule has 0 bridgehead atoms. The summed E-state index contributed by atoms with van der Waals surface area (Å²) in [6, 6.07) is 15.2. The van der Waals surface area contributed by atoms with Gasteiger partial charge in [0.2, 0.25) is 0 Å². The van der Waals surface area contributed by atoms with Crippen LogP contribution in [-0.2, 0) is 0 Å². The van der Waals surface area contributed by atoms with E-state index in [2.05, 4.69) is 0 Å². The predicted molar refractivity (Wildman–Crippen MR) is 74.4 cm³/mol. The van der Waals surface area contributed by atoms with Gasteiger partial charge in [-0.25, -0.2) is 0 Å². The number of rotatable bonds is 5. The third-order valence-electron chi connectivity index (χ3n) is 3.10. The number of aliphatic hydroxyl groups excluding tert-OH is 3. The summed E-state index contributed by atoms with van der Waals surface area (Å²) in [5.41, 5.74) is 1.55. The van der Waals surface area contributed by atoms with Gasteiger partial charge in [0.25, 0.3) is 0 Å². The molecule has 0 aliphatic heterocycles. The van der Waals surface area contributed by atoms with Crippen LogP contribution in [0.15, 0.2) is 54.6 Å². The lowest BCUT2D eigenvalue weighted by Crippen LogP contribution is -2.22. The molecule has 2 aromatic rings. The van der Waals surface area contributed by atoms with Crippen LogP contribution in [0.4, 0.5) is 0 Å². The number of ketones is 1. The molecule has 2 unspecified atom stereocenters. The highest BCUT2D eigenvalue weighted by atomic mass is 16.4. The highest BCUT2D eigenvalue weighted by Gasteiger charge is 2.17. The summed E-state index contributed by atoms with van der Waals surface area (Å²) < 4.78 is 0. The summed E-state index contributed by atoms with van der Waals surface area (Å²) in [6.07, 6.45) is -2.40. The van der Waals surface area contributed by atoms with Crippen LogP contribution >= 0.6 is 0 Å². The van der Waals surface area contributed by atoms with Gasteiger partial charge >= 0.3 is 0 Å². The topological polar surface area (TPSA) is 77.8 Å². The quantitative estimate of drug-likeness (QED) is 0.717. The van der Waals surface area contributed by atoms with E-state index in [0.717, 1.165) is 0 Å². The Labute approximate surface area is 116 Å². The summed E-state index contributed by atoms with van der Waals surface area (Å²) in [5.74, 6) is -0.102. The maximum Gasteiger partial charge on any atom is 0.193 e. The summed E-state index contributed by atoms with van der Waals surface area (Å²) in [7, 11) is 0. The summed E-state index contributed by atoms with van der Waals surface area (Å²) in [4.78, 5) is 12.2. The molecule has 104 valence electrons. The maximum atomic E-state index is 12.2. The van der Waals surface area contributed by atoms with Crippen LogP contribution in [0.3, 0.4) is 0 Å². The van der Waals surface area contributed by atoms with E-state index >= 15 is 0 Å². The number of hydrogen-bond acceptors (Lipinski definition) is 4. The van der Waals surface area contributed by atoms with Crippen LogP contribution in [0, 0.1) is 0 Å². The van der Waals surface area contributed by atoms with Crippen molar-refractivity contribution < 1.29 is 20.1 Å². The second-order valence-corrected chi connectivity index (χ2v) is 4.51. The van der Waals surface area contributed by atoms with Crippen molar-refractivity contribution in [1.29, 1.82) is 0 Å². The Bertz CT molecular complexity index is 563. The molecule has 4 heteroatoms. The lowest BCUT2D eigenvalue weighted by atomic mass is 9.99. The molecule has 0 aliphatic rings. The Hall–Kier alpha value is -2.01. The zero-order valence-electron chi connectivity index (χ0n) is 10.8. The molecule has 20 heavy (non-hydrogen) atoms. The third-order valence-corrected chi connectivity index (χ3v) is 3.10. The first-order chi connectivity index (χ1) is 9.63. The minimum Gasteiger partial charge on any atom is -0.394 e. The Morgan fingerprint density at radius 1 is 0.900 bits per heavy atom. The zero-order chi connectivity index (χ0) is 14.5. The van der Waals surface area contributed by atoms with Crippen molar-refractivity contribution in [3.8, 4) is 0 Å². The molecule has 0 saturated carbocycles. The lowest BCUT2D eigenvalue weighted by Gasteiger charge is -2.16. The number of hydrogen-bond donors (Lipinski definition) is 3. The molecule has 0 heterocycles. The minimum atomic E-state index is -1.23. The molecular weight excluding hydrogens is 256 g/mol. The molecule has 2 atom stereocenters. The van der Waals surface area contributed by atoms with Crippen molar-refractivity contribution in [1.82, 2.24) is 0 Å². The molecule has 4 nitrogen and oxygen atoms in total. The molecule has 0 aromatic heterocycles. The van der Waals surface area contributed by atoms with Gasteiger partial charge in [-0.2, -0.15) is 0 Å². The van der Waals surface area contributed by atoms with E-state index < -0.39 is 18.8 Å². The number of benzene rings is 2. The summed E-state index contributed by atoms with van der Waals surface area (Å²) in [6.45, 7) is -0.522. The third kappa shape index (κ3) is 3.11. The normalized spacial score (nSPS) is 13.8. The minimum absolute atomic E-state index is 0.102. The van der Waals surface area contributed by atoms with Gasteiger partial charge < -0.3 is 15.3 Å². The van der Waals surface area contributed by atoms with Gasteiger partial charge in [-0.3, -0.25) is 4.79 Å². The molecule has 3 N–H and O–H groups in total. The van der Waals surface area contributed by atoms with Gasteiger partial charge in [-0.15, -0.1) is 0 Å². The largest absolute Gasteiger partial charge is 0.394 e. The van der Waals surface area contributed by atoms with E-state index in [1.165, 1.54) is 0 Å². The van der Waals surface area contributed by atoms with Crippen molar-refractivity contribution in [3.63, 3.8) is 0 Å². The van der Waals surface area contributed by atoms with Gasteiger partial charge in [-0.05, 0) is 5.56 Å². The fourth-order valence-electron chi connectivity index (χ4n) is 1.91. The standard InChI is InChI=1S/C16H16O4/c17-10-14(18)16(20)13-8-6-12(7-9-13)15(19)11-4-2-1-3-5-11/h1-9,14,16-18,20H,10H2. The van der Waals surface area contributed by atoms with Crippen LogP contribution in [0.25, 0.3) is 0 Å². The Morgan fingerprint density at radius 3 is 2.00 bits per heavy atom. The monoisotopic (exact) mass is 272 g/mol. The first-order valence-corrected chi connectivity index (χ1v) is 6.30. The average Bonchev–Trinajstić information content (AvgIpc) is 2.53. The van der Waals surface area contributed by atoms with Crippen LogP contribution in [0.1, 0.15) is 27.6 Å². The number of aliphatic hydroxyl groups is 3. The van der Waals surface area contributed by atoms with Crippen molar-refractivity contribution >= 4 is 5.78 Å². The Kier molecular flexibility index (Phi) is 4.63. The van der Waals surface area contributed by atoms with E-state index in [9.17, 15) is 15.0 Å². The molecule has 0 saturated heterocycles. The van der Waals surface area contributed by atoms with Crippen molar-refractivity contribution in [2.75, 3.05) is 6.61 Å². The number of carbonyl (C=O) groups is 1. The van der Waals surface area contributed by atoms with E-state index in [1.807, 2.05) is 6.07 Å². The molecular formula is C16H16O4. The van der Waals surface area contributed by atoms with Crippen molar-refractivity contribution in [3.05, 3.63) is 71.3 Å². The first kappa shape index (κ1) is 14.4. The van der Waals surface area contributed by atoms with Gasteiger partial charge in [0.05, 0.1) is 6.61 Å². The fraction of sp³-hybridized carbons (Fsp3) is 0.188. The van der Waals surface area contributed by atoms with Crippen LogP contribution in [0.5, 0.6) is 0 Å². The lowest BCUT2D eigenvalue weighted by molar-refractivity contribution is -0.0152. The van der Waals surface area contributed by atoms with E-state index in [0.29, 0.717) is 16.7 Å². The van der Waals surface area contributed by atoms with E-state index in [1.54, 1.807) is 48.5 Å². The van der Waals surface area contributed by atoms with Crippen molar-refractivity contribution in [2.24, 2.45) is 0 Å². The van der Waals surface area contributed by atoms with Crippen LogP contribution in [0.2, 0.25) is 0 Å². The maximum absolute atomic E-state index is 12.2. The van der Waals surface area contributed by atoms with Crippen molar-refractivity contribution in [2.45, 2.75) is 12.2 Å². The van der Waals surface area contributed by atoms with E-state index in [4.69, 9.17) is 5.11 Å². The highest BCUT2D eigenvalue weighted by molar-refractivity contribution is 6.08. The SMILES string of the molecule is O=C(c1ccccc1)c1ccc(C(O)C(O)CO)cc1. The average molecular weight is 272 g/mol. The van der Waals surface area contributed by atoms with E-state index in [-0.39, 0.29) is 5.78 Å². The highest BCUT2D eigenvalue weighted by Crippen LogP contribution is 2.18. The Morgan fingerprint density at radius 2 is 1.45 bits per heavy atom. The summed E-state index contributed by atoms with van der Waals surface area (Å²) >= 11 is 0. The van der Waals surface area contributed by atoms with Gasteiger partial charge in [0, 0.05) is 11.1 Å². The van der Waals surface area contributed by atoms with Gasteiger partial charge in [0.1, 0.15) is 12.2 Å².